The van der Waals surface area contributed by atoms with Crippen molar-refractivity contribution in [1.29, 1.82) is 0 Å². The highest BCUT2D eigenvalue weighted by Crippen LogP contribution is 1.94. The van der Waals surface area contributed by atoms with Gasteiger partial charge in [0.15, 0.2) is 6.29 Å². The van der Waals surface area contributed by atoms with E-state index in [2.05, 4.69) is 10.6 Å². The summed E-state index contributed by atoms with van der Waals surface area (Å²) in [6, 6.07) is 0. The van der Waals surface area contributed by atoms with Crippen molar-refractivity contribution in [2.45, 2.75) is 26.1 Å². The van der Waals surface area contributed by atoms with Gasteiger partial charge in [0.1, 0.15) is 0 Å². The number of carbonyl (C=O) groups excluding carboxylic acids is 1. The Hall–Kier alpha value is -1.25. The number of ether oxygens (including phenoxy) is 4. The third kappa shape index (κ3) is 36.5. The Kier molecular flexibility index (Phi) is 34.4. The van der Waals surface area contributed by atoms with Gasteiger partial charge in [0.2, 0.25) is 5.91 Å². The van der Waals surface area contributed by atoms with Crippen LogP contribution >= 0.6 is 24.8 Å². The summed E-state index contributed by atoms with van der Waals surface area (Å²) in [5.41, 5.74) is 5.14. The molecular weight excluding hydrogens is 461 g/mol. The van der Waals surface area contributed by atoms with Crippen LogP contribution in [-0.4, -0.2) is 101 Å². The molecule has 0 heterocycles. The van der Waals surface area contributed by atoms with Gasteiger partial charge in [-0.1, -0.05) is 0 Å². The fraction of sp³-hybridized carbons (Fsp3) is 0.824. The first-order valence-corrected chi connectivity index (χ1v) is 9.27. The first-order valence-electron chi connectivity index (χ1n) is 9.27. The molecule has 14 heteroatoms. The van der Waals surface area contributed by atoms with Crippen LogP contribution in [0.5, 0.6) is 0 Å². The van der Waals surface area contributed by atoms with Crippen LogP contribution < -0.4 is 16.4 Å². The van der Waals surface area contributed by atoms with E-state index in [1.807, 2.05) is 0 Å². The zero-order valence-electron chi connectivity index (χ0n) is 18.0. The van der Waals surface area contributed by atoms with Gasteiger partial charge in [-0.25, -0.2) is 0 Å². The molecule has 0 saturated heterocycles. The summed E-state index contributed by atoms with van der Waals surface area (Å²) in [7, 11) is 1.72. The smallest absolute Gasteiger partial charge is 0.305 e. The van der Waals surface area contributed by atoms with E-state index in [9.17, 15) is 14.4 Å². The lowest BCUT2D eigenvalue weighted by molar-refractivity contribution is -0.150. The predicted octanol–water partition coefficient (Wildman–Crippen LogP) is -0.527. The van der Waals surface area contributed by atoms with E-state index in [1.165, 1.54) is 0 Å². The number of likely N-dealkylation sites (N-methyl/N-ethyl adjacent to an activating group) is 1. The number of nitrogens with one attached hydrogen (secondary N) is 2. The molecule has 6 N–H and O–H groups in total. The molecule has 0 aliphatic rings. The number of rotatable bonds is 18. The van der Waals surface area contributed by atoms with Gasteiger partial charge < -0.3 is 45.5 Å². The summed E-state index contributed by atoms with van der Waals surface area (Å²) in [4.78, 5) is 31.0. The van der Waals surface area contributed by atoms with Crippen LogP contribution in [0, 0.1) is 0 Å². The Morgan fingerprint density at radius 3 is 1.68 bits per heavy atom. The van der Waals surface area contributed by atoms with Gasteiger partial charge in [0.05, 0.1) is 59.0 Å². The average molecular weight is 498 g/mol. The molecule has 0 spiro atoms. The molecule has 0 radical (unpaired) electrons. The van der Waals surface area contributed by atoms with Gasteiger partial charge in [0.25, 0.3) is 0 Å². The van der Waals surface area contributed by atoms with Crippen molar-refractivity contribution in [3.05, 3.63) is 0 Å². The molecular formula is C17H37Cl2N3O9. The summed E-state index contributed by atoms with van der Waals surface area (Å²) in [5, 5.41) is 22.1. The van der Waals surface area contributed by atoms with Gasteiger partial charge in [-0.05, 0) is 14.0 Å². The fourth-order valence-corrected chi connectivity index (χ4v) is 1.55. The van der Waals surface area contributed by atoms with Crippen LogP contribution in [0.15, 0.2) is 0 Å². The van der Waals surface area contributed by atoms with Gasteiger partial charge >= 0.3 is 11.9 Å². The summed E-state index contributed by atoms with van der Waals surface area (Å²) >= 11 is 0. The molecule has 0 fully saturated rings. The predicted molar refractivity (Wildman–Crippen MR) is 118 cm³/mol. The molecule has 0 atom stereocenters. The minimum atomic E-state index is -0.898. The second kappa shape index (κ2) is 28.8. The van der Waals surface area contributed by atoms with Crippen LogP contribution in [0.3, 0.4) is 0 Å². The molecule has 0 aromatic rings. The molecule has 188 valence electrons. The Bertz CT molecular complexity index is 410. The van der Waals surface area contributed by atoms with Gasteiger partial charge in [-0.2, -0.15) is 0 Å². The van der Waals surface area contributed by atoms with E-state index in [0.717, 1.165) is 0 Å². The van der Waals surface area contributed by atoms with E-state index >= 15 is 0 Å². The summed E-state index contributed by atoms with van der Waals surface area (Å²) < 4.78 is 20.6. The minimum absolute atomic E-state index is 0. The number of nitrogens with two attached hydrogens (primary N) is 1. The lowest BCUT2D eigenvalue weighted by Gasteiger charge is -2.14. The molecule has 0 aromatic heterocycles. The quantitative estimate of drug-likeness (QED) is 0.121. The standard InChI is InChI=1S/C12H22O8.C5H13N3O.2ClH/c1-10(19-8-6-17-4-2-11(13)14)20-9-7-18-5-3-12(15)16;1-7-4-5(9)8-3-2-6;;/h10H,2-9H2,1H3,(H,13,14)(H,15,16);7H,2-4,6H2,1H3,(H,8,9);2*1H. The Morgan fingerprint density at radius 1 is 0.871 bits per heavy atom. The molecule has 31 heavy (non-hydrogen) atoms. The van der Waals surface area contributed by atoms with E-state index in [4.69, 9.17) is 34.9 Å². The molecule has 0 saturated carbocycles. The molecule has 1 amide bonds. The van der Waals surface area contributed by atoms with Crippen molar-refractivity contribution in [1.82, 2.24) is 10.6 Å². The highest BCUT2D eigenvalue weighted by atomic mass is 35.5. The highest BCUT2D eigenvalue weighted by molar-refractivity contribution is 5.85. The lowest BCUT2D eigenvalue weighted by atomic mass is 10.5. The first-order chi connectivity index (χ1) is 13.8. The summed E-state index contributed by atoms with van der Waals surface area (Å²) in [5.74, 6) is -1.81. The topological polar surface area (TPSA) is 179 Å². The van der Waals surface area contributed by atoms with E-state index < -0.39 is 18.2 Å². The van der Waals surface area contributed by atoms with Crippen molar-refractivity contribution in [3.63, 3.8) is 0 Å². The van der Waals surface area contributed by atoms with Crippen molar-refractivity contribution >= 4 is 42.7 Å². The monoisotopic (exact) mass is 497 g/mol. The number of carboxylic acid groups (broad SMARTS) is 2. The third-order valence-corrected chi connectivity index (χ3v) is 2.88. The van der Waals surface area contributed by atoms with E-state index in [1.54, 1.807) is 14.0 Å². The molecule has 0 aliphatic carbocycles. The minimum Gasteiger partial charge on any atom is -0.481 e. The molecule has 0 unspecified atom stereocenters. The number of aliphatic carboxylic acids is 2. The lowest BCUT2D eigenvalue weighted by Crippen LogP contribution is -2.35. The normalized spacial score (nSPS) is 9.68. The van der Waals surface area contributed by atoms with Crippen molar-refractivity contribution in [2.24, 2.45) is 5.73 Å². The van der Waals surface area contributed by atoms with Crippen molar-refractivity contribution in [3.8, 4) is 0 Å². The number of hydrogen-bond donors (Lipinski definition) is 5. The Morgan fingerprint density at radius 2 is 1.32 bits per heavy atom. The molecule has 0 rings (SSSR count). The van der Waals surface area contributed by atoms with Crippen LogP contribution in [0.4, 0.5) is 0 Å². The number of amides is 1. The summed E-state index contributed by atoms with van der Waals surface area (Å²) in [6.07, 6.45) is -0.486. The summed E-state index contributed by atoms with van der Waals surface area (Å²) in [6.45, 7) is 4.66. The fourth-order valence-electron chi connectivity index (χ4n) is 1.55. The van der Waals surface area contributed by atoms with Gasteiger partial charge in [-0.3, -0.25) is 14.4 Å². The maximum atomic E-state index is 10.6. The second-order valence-corrected chi connectivity index (χ2v) is 5.49. The largest absolute Gasteiger partial charge is 0.481 e. The van der Waals surface area contributed by atoms with Crippen molar-refractivity contribution in [2.75, 3.05) is 66.3 Å². The number of hydrogen-bond acceptors (Lipinski definition) is 9. The zero-order valence-corrected chi connectivity index (χ0v) is 19.6. The SMILES string of the molecule is CC(OCCOCCC(=O)O)OCCOCCC(=O)O.CNCC(=O)NCCN.Cl.Cl. The average Bonchev–Trinajstić information content (AvgIpc) is 2.66. The third-order valence-electron chi connectivity index (χ3n) is 2.88. The Labute approximate surface area is 195 Å². The number of halogens is 2. The highest BCUT2D eigenvalue weighted by Gasteiger charge is 2.03. The second-order valence-electron chi connectivity index (χ2n) is 5.49. The van der Waals surface area contributed by atoms with Crippen LogP contribution in [0.1, 0.15) is 19.8 Å². The number of carbonyl (C=O) groups is 3. The molecule has 12 nitrogen and oxygen atoms in total. The van der Waals surface area contributed by atoms with E-state index in [0.29, 0.717) is 46.1 Å². The van der Waals surface area contributed by atoms with Crippen LogP contribution in [0.25, 0.3) is 0 Å². The zero-order chi connectivity index (χ0) is 22.3. The molecule has 0 aliphatic heterocycles. The maximum Gasteiger partial charge on any atom is 0.305 e. The van der Waals surface area contributed by atoms with Crippen LogP contribution in [-0.2, 0) is 33.3 Å². The van der Waals surface area contributed by atoms with E-state index in [-0.39, 0.29) is 56.8 Å². The van der Waals surface area contributed by atoms with Crippen molar-refractivity contribution < 1.29 is 43.5 Å². The first kappa shape index (κ1) is 37.1. The molecule has 0 bridgehead atoms. The maximum absolute atomic E-state index is 10.6. The Balaban J connectivity index is -0.000000282. The van der Waals surface area contributed by atoms with Gasteiger partial charge in [0, 0.05) is 13.1 Å². The van der Waals surface area contributed by atoms with Gasteiger partial charge in [-0.15, -0.1) is 24.8 Å². The molecule has 0 aromatic carbocycles. The number of carboxylic acids is 2. The van der Waals surface area contributed by atoms with Crippen LogP contribution in [0.2, 0.25) is 0 Å².